The molecule has 0 saturated carbocycles. The van der Waals surface area contributed by atoms with Gasteiger partial charge in [-0.2, -0.15) is 13.2 Å². The van der Waals surface area contributed by atoms with E-state index in [9.17, 15) is 18.0 Å². The number of rotatable bonds is 2. The number of ether oxygens (including phenoxy) is 1. The average Bonchev–Trinajstić information content (AvgIpc) is 2.37. The summed E-state index contributed by atoms with van der Waals surface area (Å²) in [5, 5.41) is -0.0356. The van der Waals surface area contributed by atoms with Crippen molar-refractivity contribution in [2.24, 2.45) is 0 Å². The number of hydrogen-bond donors (Lipinski definition) is 0. The lowest BCUT2D eigenvalue weighted by atomic mass is 10.1. The van der Waals surface area contributed by atoms with Gasteiger partial charge in [0.05, 0.1) is 17.1 Å². The fourth-order valence-corrected chi connectivity index (χ4v) is 2.09. The number of hydrogen-bond acceptors (Lipinski definition) is 3. The molecule has 0 spiro atoms. The average molecular weight is 304 g/mol. The lowest BCUT2D eigenvalue weighted by molar-refractivity contribution is -0.141. The van der Waals surface area contributed by atoms with Gasteiger partial charge in [0.1, 0.15) is 5.56 Å². The van der Waals surface area contributed by atoms with Crippen LogP contribution in [0.3, 0.4) is 0 Å². The number of esters is 1. The molecule has 0 bridgehead atoms. The normalized spacial score (nSPS) is 11.7. The predicted molar refractivity (Wildman–Crippen MR) is 67.7 cm³/mol. The van der Waals surface area contributed by atoms with Crippen molar-refractivity contribution in [2.75, 3.05) is 6.61 Å². The Morgan fingerprint density at radius 1 is 1.35 bits per heavy atom. The standard InChI is InChI=1S/C13H9ClF3NO2/c1-2-20-12(19)9-10(14)7-5-3-4-6-8(7)18-11(9)13(15,16)17/h3-6H,2H2,1H3. The number of para-hydroxylation sites is 1. The monoisotopic (exact) mass is 303 g/mol. The number of alkyl halides is 3. The number of carbonyl (C=O) groups excluding carboxylic acids is 1. The zero-order valence-electron chi connectivity index (χ0n) is 10.3. The van der Waals surface area contributed by atoms with E-state index in [-0.39, 0.29) is 22.5 Å². The molecule has 0 N–H and O–H groups in total. The molecular formula is C13H9ClF3NO2. The van der Waals surface area contributed by atoms with Crippen molar-refractivity contribution in [1.29, 1.82) is 0 Å². The molecule has 7 heteroatoms. The zero-order chi connectivity index (χ0) is 14.9. The second kappa shape index (κ2) is 5.28. The van der Waals surface area contributed by atoms with Crippen molar-refractivity contribution in [2.45, 2.75) is 13.1 Å². The number of pyridine rings is 1. The molecular weight excluding hydrogens is 295 g/mol. The van der Waals surface area contributed by atoms with Crippen molar-refractivity contribution >= 4 is 28.5 Å². The van der Waals surface area contributed by atoms with E-state index in [1.54, 1.807) is 6.07 Å². The first-order chi connectivity index (χ1) is 9.36. The van der Waals surface area contributed by atoms with Crippen LogP contribution in [0.4, 0.5) is 13.2 Å². The van der Waals surface area contributed by atoms with Gasteiger partial charge in [-0.3, -0.25) is 0 Å². The SMILES string of the molecule is CCOC(=O)c1c(C(F)(F)F)nc2ccccc2c1Cl. The van der Waals surface area contributed by atoms with E-state index < -0.39 is 23.4 Å². The minimum atomic E-state index is -4.80. The lowest BCUT2D eigenvalue weighted by Gasteiger charge is -2.14. The summed E-state index contributed by atoms with van der Waals surface area (Å²) < 4.78 is 43.7. The van der Waals surface area contributed by atoms with E-state index in [4.69, 9.17) is 11.6 Å². The van der Waals surface area contributed by atoms with Crippen LogP contribution < -0.4 is 0 Å². The van der Waals surface area contributed by atoms with Gasteiger partial charge in [0, 0.05) is 5.39 Å². The van der Waals surface area contributed by atoms with Crippen molar-refractivity contribution in [3.63, 3.8) is 0 Å². The summed E-state index contributed by atoms with van der Waals surface area (Å²) in [4.78, 5) is 15.2. The molecule has 106 valence electrons. The molecule has 20 heavy (non-hydrogen) atoms. The zero-order valence-corrected chi connectivity index (χ0v) is 11.0. The molecule has 0 saturated heterocycles. The van der Waals surface area contributed by atoms with Gasteiger partial charge in [0.2, 0.25) is 0 Å². The van der Waals surface area contributed by atoms with Gasteiger partial charge in [0.15, 0.2) is 5.69 Å². The molecule has 0 fully saturated rings. The molecule has 2 rings (SSSR count). The second-order valence-electron chi connectivity index (χ2n) is 3.88. The molecule has 0 aliphatic heterocycles. The number of nitrogens with zero attached hydrogens (tertiary/aromatic N) is 1. The Hall–Kier alpha value is -1.82. The van der Waals surface area contributed by atoms with Gasteiger partial charge >= 0.3 is 12.1 Å². The molecule has 0 aliphatic carbocycles. The summed E-state index contributed by atoms with van der Waals surface area (Å²) in [6, 6.07) is 6.02. The number of halogens is 4. The molecule has 0 atom stereocenters. The molecule has 1 heterocycles. The summed E-state index contributed by atoms with van der Waals surface area (Å²) in [6.45, 7) is 1.44. The number of benzene rings is 1. The molecule has 0 radical (unpaired) electrons. The van der Waals surface area contributed by atoms with Gasteiger partial charge < -0.3 is 4.74 Å². The maximum Gasteiger partial charge on any atom is 0.434 e. The Bertz CT molecular complexity index is 670. The summed E-state index contributed by atoms with van der Waals surface area (Å²) in [5.74, 6) is -1.14. The van der Waals surface area contributed by atoms with Crippen LogP contribution in [0.25, 0.3) is 10.9 Å². The highest BCUT2D eigenvalue weighted by molar-refractivity contribution is 6.38. The van der Waals surface area contributed by atoms with E-state index in [0.717, 1.165) is 0 Å². The molecule has 0 amide bonds. The minimum absolute atomic E-state index is 0.0563. The Morgan fingerprint density at radius 2 is 2.00 bits per heavy atom. The van der Waals surface area contributed by atoms with Crippen LogP contribution in [-0.2, 0) is 10.9 Å². The molecule has 1 aromatic heterocycles. The maximum atomic E-state index is 13.0. The highest BCUT2D eigenvalue weighted by atomic mass is 35.5. The van der Waals surface area contributed by atoms with Gasteiger partial charge in [0.25, 0.3) is 0 Å². The highest BCUT2D eigenvalue weighted by Gasteiger charge is 2.39. The van der Waals surface area contributed by atoms with Crippen LogP contribution in [0, 0.1) is 0 Å². The van der Waals surface area contributed by atoms with Gasteiger partial charge in [-0.25, -0.2) is 9.78 Å². The fourth-order valence-electron chi connectivity index (χ4n) is 1.77. The molecule has 0 unspecified atom stereocenters. The first kappa shape index (κ1) is 14.6. The molecule has 3 nitrogen and oxygen atoms in total. The predicted octanol–water partition coefficient (Wildman–Crippen LogP) is 4.08. The third-order valence-electron chi connectivity index (χ3n) is 2.58. The van der Waals surface area contributed by atoms with Crippen LogP contribution in [0.5, 0.6) is 0 Å². The van der Waals surface area contributed by atoms with Crippen molar-refractivity contribution in [1.82, 2.24) is 4.98 Å². The summed E-state index contributed by atoms with van der Waals surface area (Å²) >= 11 is 5.94. The Kier molecular flexibility index (Phi) is 3.85. The first-order valence-corrected chi connectivity index (χ1v) is 6.06. The van der Waals surface area contributed by atoms with Crippen molar-refractivity contribution in [3.8, 4) is 0 Å². The summed E-state index contributed by atoms with van der Waals surface area (Å²) in [7, 11) is 0. The van der Waals surface area contributed by atoms with Crippen LogP contribution in [0.2, 0.25) is 5.02 Å². The van der Waals surface area contributed by atoms with E-state index >= 15 is 0 Å². The van der Waals surface area contributed by atoms with Gasteiger partial charge in [-0.1, -0.05) is 29.8 Å². The summed E-state index contributed by atoms with van der Waals surface area (Å²) in [6.07, 6.45) is -4.80. The second-order valence-corrected chi connectivity index (χ2v) is 4.26. The third-order valence-corrected chi connectivity index (χ3v) is 2.97. The van der Waals surface area contributed by atoms with E-state index in [1.165, 1.54) is 25.1 Å². The van der Waals surface area contributed by atoms with Crippen LogP contribution in [0.1, 0.15) is 23.0 Å². The Morgan fingerprint density at radius 3 is 2.60 bits per heavy atom. The summed E-state index contributed by atoms with van der Waals surface area (Å²) in [5.41, 5.74) is -2.02. The van der Waals surface area contributed by atoms with Gasteiger partial charge in [-0.05, 0) is 13.0 Å². The van der Waals surface area contributed by atoms with E-state index in [0.29, 0.717) is 0 Å². The van der Waals surface area contributed by atoms with Crippen molar-refractivity contribution < 1.29 is 22.7 Å². The largest absolute Gasteiger partial charge is 0.462 e. The fraction of sp³-hybridized carbons (Fsp3) is 0.231. The Balaban J connectivity index is 2.80. The molecule has 2 aromatic rings. The van der Waals surface area contributed by atoms with E-state index in [1.807, 2.05) is 0 Å². The number of fused-ring (bicyclic) bond motifs is 1. The lowest BCUT2D eigenvalue weighted by Crippen LogP contribution is -2.18. The quantitative estimate of drug-likeness (QED) is 0.785. The minimum Gasteiger partial charge on any atom is -0.462 e. The maximum absolute atomic E-state index is 13.0. The van der Waals surface area contributed by atoms with E-state index in [2.05, 4.69) is 9.72 Å². The topological polar surface area (TPSA) is 39.2 Å². The highest BCUT2D eigenvalue weighted by Crippen LogP contribution is 2.37. The molecule has 1 aromatic carbocycles. The molecule has 0 aliphatic rings. The van der Waals surface area contributed by atoms with Crippen molar-refractivity contribution in [3.05, 3.63) is 40.5 Å². The van der Waals surface area contributed by atoms with Gasteiger partial charge in [-0.15, -0.1) is 0 Å². The Labute approximate surface area is 117 Å². The number of carbonyl (C=O) groups is 1. The smallest absolute Gasteiger partial charge is 0.434 e. The first-order valence-electron chi connectivity index (χ1n) is 5.68. The third kappa shape index (κ3) is 2.56. The number of aromatic nitrogens is 1. The van der Waals surface area contributed by atoms with Crippen LogP contribution in [0.15, 0.2) is 24.3 Å². The van der Waals surface area contributed by atoms with Crippen LogP contribution in [-0.4, -0.2) is 17.6 Å². The van der Waals surface area contributed by atoms with Crippen LogP contribution >= 0.6 is 11.6 Å².